The van der Waals surface area contributed by atoms with E-state index in [9.17, 15) is 30.7 Å². The predicted molar refractivity (Wildman–Crippen MR) is 67.0 cm³/mol. The van der Waals surface area contributed by atoms with E-state index in [0.717, 1.165) is 18.2 Å². The van der Waals surface area contributed by atoms with E-state index in [1.165, 1.54) is 0 Å². The van der Waals surface area contributed by atoms with Crippen molar-refractivity contribution in [3.8, 4) is 0 Å². The molecule has 2 rings (SSSR count). The number of hydrogen-bond donors (Lipinski definition) is 0. The van der Waals surface area contributed by atoms with Crippen LogP contribution in [0.25, 0.3) is 0 Å². The number of azo groups is 1. The molecule has 0 aliphatic carbocycles. The molecule has 0 bridgehead atoms. The second kappa shape index (κ2) is 5.98. The molecule has 0 aliphatic rings. The van der Waals surface area contributed by atoms with Crippen LogP contribution in [-0.2, 0) is 12.4 Å². The van der Waals surface area contributed by atoms with Crippen LogP contribution in [-0.4, -0.2) is 0 Å². The number of rotatable bonds is 2. The van der Waals surface area contributed by atoms with Gasteiger partial charge >= 0.3 is 12.4 Å². The summed E-state index contributed by atoms with van der Waals surface area (Å²) < 4.78 is 88.6. The van der Waals surface area contributed by atoms with Crippen LogP contribution in [0.3, 0.4) is 0 Å². The second-order valence-corrected chi connectivity index (χ2v) is 4.41. The summed E-state index contributed by atoms with van der Waals surface area (Å²) in [6.07, 6.45) is -9.30. The maximum absolute atomic E-state index is 13.4. The van der Waals surface area contributed by atoms with Gasteiger partial charge in [0.1, 0.15) is 5.69 Å². The zero-order valence-corrected chi connectivity index (χ0v) is 11.1. The molecule has 0 aliphatic heterocycles. The van der Waals surface area contributed by atoms with E-state index in [2.05, 4.69) is 10.2 Å². The van der Waals surface area contributed by atoms with Crippen molar-refractivity contribution in [1.29, 1.82) is 0 Å². The smallest absolute Gasteiger partial charge is 0.205 e. The maximum atomic E-state index is 13.4. The van der Waals surface area contributed by atoms with E-state index in [-0.39, 0.29) is 5.69 Å². The molecule has 0 saturated heterocycles. The first-order valence-corrected chi connectivity index (χ1v) is 6.03. The molecular weight excluding hydrogens is 329 g/mol. The third kappa shape index (κ3) is 4.27. The number of halogens is 7. The van der Waals surface area contributed by atoms with Crippen LogP contribution in [0.1, 0.15) is 11.1 Å². The van der Waals surface area contributed by atoms with Crippen LogP contribution in [0.2, 0.25) is 0 Å². The number of benzene rings is 2. The number of hydrogen-bond acceptors (Lipinski definition) is 2. The Morgan fingerprint density at radius 3 is 1.91 bits per heavy atom. The molecule has 2 aromatic rings. The highest BCUT2D eigenvalue weighted by molar-refractivity contribution is 5.45. The lowest BCUT2D eigenvalue weighted by atomic mass is 10.2. The Balaban J connectivity index is 2.34. The van der Waals surface area contributed by atoms with Gasteiger partial charge in [0, 0.05) is 0 Å². The van der Waals surface area contributed by atoms with Gasteiger partial charge in [-0.2, -0.15) is 31.5 Å². The van der Waals surface area contributed by atoms with Crippen molar-refractivity contribution in [3.05, 3.63) is 59.4 Å². The Morgan fingerprint density at radius 1 is 0.696 bits per heavy atom. The van der Waals surface area contributed by atoms with Gasteiger partial charge in [-0.1, -0.05) is 6.07 Å². The maximum Gasteiger partial charge on any atom is 0.416 e. The summed E-state index contributed by atoms with van der Waals surface area (Å²) in [7, 11) is 0. The summed E-state index contributed by atoms with van der Waals surface area (Å²) in [4.78, 5) is 0. The SMILES string of the molecule is Fc1ccc(C(F)(F)F)cc1N=Nc1cccc(C(F)(F)F)c1. The van der Waals surface area contributed by atoms with Gasteiger partial charge in [-0.3, -0.25) is 0 Å². The van der Waals surface area contributed by atoms with E-state index in [1.54, 1.807) is 0 Å². The van der Waals surface area contributed by atoms with E-state index in [4.69, 9.17) is 0 Å². The van der Waals surface area contributed by atoms with Crippen molar-refractivity contribution in [2.24, 2.45) is 10.2 Å². The van der Waals surface area contributed by atoms with Gasteiger partial charge in [0.05, 0.1) is 16.8 Å². The molecule has 0 heterocycles. The summed E-state index contributed by atoms with van der Waals surface area (Å²) in [5, 5.41) is 6.61. The van der Waals surface area contributed by atoms with Crippen molar-refractivity contribution in [2.45, 2.75) is 12.4 Å². The Morgan fingerprint density at radius 2 is 1.30 bits per heavy atom. The topological polar surface area (TPSA) is 24.7 Å². The van der Waals surface area contributed by atoms with Crippen LogP contribution in [0, 0.1) is 5.82 Å². The fourth-order valence-corrected chi connectivity index (χ4v) is 1.62. The normalized spacial score (nSPS) is 12.8. The molecule has 0 aromatic heterocycles. The fraction of sp³-hybridized carbons (Fsp3) is 0.143. The summed E-state index contributed by atoms with van der Waals surface area (Å²) in [5.41, 5.74) is -3.13. The molecule has 0 spiro atoms. The van der Waals surface area contributed by atoms with E-state index < -0.39 is 35.0 Å². The minimum absolute atomic E-state index is 0.267. The summed E-state index contributed by atoms with van der Waals surface area (Å²) in [6.45, 7) is 0. The van der Waals surface area contributed by atoms with Crippen LogP contribution < -0.4 is 0 Å². The lowest BCUT2D eigenvalue weighted by Crippen LogP contribution is -2.04. The second-order valence-electron chi connectivity index (χ2n) is 4.41. The minimum Gasteiger partial charge on any atom is -0.205 e. The Labute approximate surface area is 125 Å². The van der Waals surface area contributed by atoms with Crippen molar-refractivity contribution < 1.29 is 30.7 Å². The third-order valence-corrected chi connectivity index (χ3v) is 2.72. The monoisotopic (exact) mass is 336 g/mol. The molecule has 0 amide bonds. The summed E-state index contributed by atoms with van der Waals surface area (Å²) in [6, 6.07) is 5.16. The molecule has 0 atom stereocenters. The highest BCUT2D eigenvalue weighted by Gasteiger charge is 2.31. The van der Waals surface area contributed by atoms with Crippen LogP contribution in [0.4, 0.5) is 42.1 Å². The average molecular weight is 336 g/mol. The molecule has 9 heteroatoms. The van der Waals surface area contributed by atoms with E-state index in [1.807, 2.05) is 0 Å². The van der Waals surface area contributed by atoms with E-state index in [0.29, 0.717) is 24.3 Å². The highest BCUT2D eigenvalue weighted by Crippen LogP contribution is 2.34. The van der Waals surface area contributed by atoms with Crippen molar-refractivity contribution in [3.63, 3.8) is 0 Å². The molecule has 2 aromatic carbocycles. The van der Waals surface area contributed by atoms with E-state index >= 15 is 0 Å². The number of alkyl halides is 6. The molecular formula is C14H7F7N2. The lowest BCUT2D eigenvalue weighted by Gasteiger charge is -2.07. The average Bonchev–Trinajstić information content (AvgIpc) is 2.44. The molecule has 0 saturated carbocycles. The highest BCUT2D eigenvalue weighted by atomic mass is 19.4. The first kappa shape index (κ1) is 16.9. The van der Waals surface area contributed by atoms with Gasteiger partial charge in [0.25, 0.3) is 0 Å². The molecule has 122 valence electrons. The molecule has 23 heavy (non-hydrogen) atoms. The predicted octanol–water partition coefficient (Wildman–Crippen LogP) is 6.28. The van der Waals surface area contributed by atoms with Crippen molar-refractivity contribution >= 4 is 11.4 Å². The largest absolute Gasteiger partial charge is 0.416 e. The quantitative estimate of drug-likeness (QED) is 0.455. The van der Waals surface area contributed by atoms with Crippen LogP contribution >= 0.6 is 0 Å². The lowest BCUT2D eigenvalue weighted by molar-refractivity contribution is -0.138. The van der Waals surface area contributed by atoms with Gasteiger partial charge in [0.2, 0.25) is 0 Å². The first-order chi connectivity index (χ1) is 10.6. The van der Waals surface area contributed by atoms with Gasteiger partial charge in [-0.15, -0.1) is 5.11 Å². The van der Waals surface area contributed by atoms with Gasteiger partial charge in [-0.05, 0) is 36.4 Å². The van der Waals surface area contributed by atoms with Gasteiger partial charge in [-0.25, -0.2) is 4.39 Å². The minimum atomic E-state index is -4.70. The first-order valence-electron chi connectivity index (χ1n) is 6.03. The zero-order chi connectivity index (χ0) is 17.3. The Bertz CT molecular complexity index is 733. The van der Waals surface area contributed by atoms with Crippen LogP contribution in [0.15, 0.2) is 52.7 Å². The standard InChI is InChI=1S/C14H7F7N2/c15-11-5-4-9(14(19,20)21)7-12(11)23-22-10-3-1-2-8(6-10)13(16,17)18/h1-7H. The third-order valence-electron chi connectivity index (χ3n) is 2.72. The molecule has 0 radical (unpaired) electrons. The van der Waals surface area contributed by atoms with Gasteiger partial charge in [0.15, 0.2) is 5.82 Å². The fourth-order valence-electron chi connectivity index (χ4n) is 1.62. The Hall–Kier alpha value is -2.45. The number of nitrogens with zero attached hydrogens (tertiary/aromatic N) is 2. The van der Waals surface area contributed by atoms with Crippen LogP contribution in [0.5, 0.6) is 0 Å². The van der Waals surface area contributed by atoms with Crippen molar-refractivity contribution in [1.82, 2.24) is 0 Å². The van der Waals surface area contributed by atoms with Crippen molar-refractivity contribution in [2.75, 3.05) is 0 Å². The summed E-state index contributed by atoms with van der Waals surface area (Å²) >= 11 is 0. The summed E-state index contributed by atoms with van der Waals surface area (Å²) in [5.74, 6) is -1.08. The molecule has 2 nitrogen and oxygen atoms in total. The Kier molecular flexibility index (Phi) is 4.39. The zero-order valence-electron chi connectivity index (χ0n) is 11.1. The molecule has 0 fully saturated rings. The van der Waals surface area contributed by atoms with Gasteiger partial charge < -0.3 is 0 Å². The molecule has 0 N–H and O–H groups in total. The molecule has 0 unspecified atom stereocenters.